The lowest BCUT2D eigenvalue weighted by Crippen LogP contribution is -2.14. The van der Waals surface area contributed by atoms with Crippen molar-refractivity contribution in [2.45, 2.75) is 6.92 Å². The second kappa shape index (κ2) is 4.83. The first kappa shape index (κ1) is 12.0. The molecule has 1 aromatic carbocycles. The zero-order valence-corrected chi connectivity index (χ0v) is 10.2. The molecule has 5 heteroatoms. The maximum atomic E-state index is 10.8. The molecule has 0 saturated carbocycles. The van der Waals surface area contributed by atoms with Crippen molar-refractivity contribution in [1.82, 2.24) is 9.97 Å². The number of aryl methyl sites for hydroxylation is 1. The number of benzene rings is 1. The molecule has 1 N–H and O–H groups in total. The summed E-state index contributed by atoms with van der Waals surface area (Å²) in [4.78, 5) is 20.6. The number of rotatable bonds is 3. The average molecular weight is 243 g/mol. The van der Waals surface area contributed by atoms with Crippen LogP contribution in [0.2, 0.25) is 0 Å². The number of hydrogen-bond donors (Lipinski definition) is 1. The number of aromatic nitrogens is 2. The molecule has 0 bridgehead atoms. The van der Waals surface area contributed by atoms with Crippen LogP contribution in [0.25, 0.3) is 0 Å². The number of anilines is 2. The van der Waals surface area contributed by atoms with Gasteiger partial charge >= 0.3 is 5.97 Å². The fourth-order valence-electron chi connectivity index (χ4n) is 1.51. The Morgan fingerprint density at radius 3 is 2.50 bits per heavy atom. The van der Waals surface area contributed by atoms with E-state index < -0.39 is 5.97 Å². The smallest absolute Gasteiger partial charge is 0.354 e. The van der Waals surface area contributed by atoms with Gasteiger partial charge in [-0.15, -0.1) is 0 Å². The maximum absolute atomic E-state index is 10.8. The molecular weight excluding hydrogens is 230 g/mol. The molecule has 2 rings (SSSR count). The number of carbonyl (C=O) groups is 1. The largest absolute Gasteiger partial charge is 0.477 e. The Balaban J connectivity index is 2.33. The van der Waals surface area contributed by atoms with Gasteiger partial charge in [0.2, 0.25) is 5.95 Å². The summed E-state index contributed by atoms with van der Waals surface area (Å²) in [7, 11) is 1.80. The fraction of sp³-hybridized carbons (Fsp3) is 0.154. The third-order valence-electron chi connectivity index (χ3n) is 2.58. The minimum Gasteiger partial charge on any atom is -0.477 e. The molecule has 0 amide bonds. The van der Waals surface area contributed by atoms with Crippen molar-refractivity contribution in [3.63, 3.8) is 0 Å². The molecule has 0 unspecified atom stereocenters. The van der Waals surface area contributed by atoms with Gasteiger partial charge in [0, 0.05) is 18.9 Å². The normalized spacial score (nSPS) is 10.1. The maximum Gasteiger partial charge on any atom is 0.354 e. The standard InChI is InChI=1S/C13H13N3O2/c1-9-3-5-10(6-4-9)16(2)13-14-8-7-11(15-13)12(17)18/h3-8H,1-2H3,(H,17,18). The zero-order valence-electron chi connectivity index (χ0n) is 10.2. The number of aromatic carboxylic acids is 1. The molecular formula is C13H13N3O2. The summed E-state index contributed by atoms with van der Waals surface area (Å²) in [6.07, 6.45) is 1.44. The lowest BCUT2D eigenvalue weighted by atomic mass is 10.2. The molecule has 0 atom stereocenters. The van der Waals surface area contributed by atoms with Crippen molar-refractivity contribution < 1.29 is 9.90 Å². The lowest BCUT2D eigenvalue weighted by molar-refractivity contribution is 0.0690. The molecule has 0 aliphatic heterocycles. The number of nitrogens with zero attached hydrogens (tertiary/aromatic N) is 3. The Labute approximate surface area is 105 Å². The summed E-state index contributed by atoms with van der Waals surface area (Å²) in [5.74, 6) is -0.699. The lowest BCUT2D eigenvalue weighted by Gasteiger charge is -2.17. The van der Waals surface area contributed by atoms with Crippen LogP contribution in [0.1, 0.15) is 16.1 Å². The topological polar surface area (TPSA) is 66.3 Å². The van der Waals surface area contributed by atoms with E-state index in [9.17, 15) is 4.79 Å². The van der Waals surface area contributed by atoms with Crippen LogP contribution in [-0.2, 0) is 0 Å². The van der Waals surface area contributed by atoms with Gasteiger partial charge in [0.15, 0.2) is 5.69 Å². The highest BCUT2D eigenvalue weighted by molar-refractivity contribution is 5.85. The molecule has 1 aromatic heterocycles. The van der Waals surface area contributed by atoms with Gasteiger partial charge in [-0.05, 0) is 25.1 Å². The number of carboxylic acids is 1. The van der Waals surface area contributed by atoms with Crippen LogP contribution in [-0.4, -0.2) is 28.1 Å². The Kier molecular flexibility index (Phi) is 3.23. The molecule has 5 nitrogen and oxygen atoms in total. The van der Waals surface area contributed by atoms with E-state index in [-0.39, 0.29) is 5.69 Å². The summed E-state index contributed by atoms with van der Waals surface area (Å²) >= 11 is 0. The third-order valence-corrected chi connectivity index (χ3v) is 2.58. The van der Waals surface area contributed by atoms with E-state index in [0.717, 1.165) is 11.3 Å². The second-order valence-corrected chi connectivity index (χ2v) is 3.94. The summed E-state index contributed by atoms with van der Waals surface area (Å²) < 4.78 is 0. The zero-order chi connectivity index (χ0) is 13.1. The summed E-state index contributed by atoms with van der Waals surface area (Å²) in [5, 5.41) is 8.89. The van der Waals surface area contributed by atoms with Crippen LogP contribution >= 0.6 is 0 Å². The van der Waals surface area contributed by atoms with Gasteiger partial charge < -0.3 is 10.0 Å². The predicted molar refractivity (Wildman–Crippen MR) is 68.2 cm³/mol. The first-order valence-electron chi connectivity index (χ1n) is 5.44. The minimum atomic E-state index is -1.06. The number of carboxylic acid groups (broad SMARTS) is 1. The van der Waals surface area contributed by atoms with E-state index in [4.69, 9.17) is 5.11 Å². The molecule has 92 valence electrons. The van der Waals surface area contributed by atoms with Crippen molar-refractivity contribution in [2.75, 3.05) is 11.9 Å². The SMILES string of the molecule is Cc1ccc(N(C)c2nccc(C(=O)O)n2)cc1. The van der Waals surface area contributed by atoms with E-state index in [1.165, 1.54) is 12.3 Å². The molecule has 1 heterocycles. The van der Waals surface area contributed by atoms with Gasteiger partial charge in [0.25, 0.3) is 0 Å². The highest BCUT2D eigenvalue weighted by Gasteiger charge is 2.10. The Morgan fingerprint density at radius 1 is 1.22 bits per heavy atom. The summed E-state index contributed by atoms with van der Waals surface area (Å²) in [6.45, 7) is 2.01. The molecule has 0 fully saturated rings. The first-order valence-corrected chi connectivity index (χ1v) is 5.44. The molecule has 0 aliphatic rings. The molecule has 0 spiro atoms. The van der Waals surface area contributed by atoms with Gasteiger partial charge in [0.05, 0.1) is 0 Å². The van der Waals surface area contributed by atoms with Crippen LogP contribution in [0.15, 0.2) is 36.5 Å². The van der Waals surface area contributed by atoms with E-state index in [2.05, 4.69) is 9.97 Å². The fourth-order valence-corrected chi connectivity index (χ4v) is 1.51. The van der Waals surface area contributed by atoms with Gasteiger partial charge in [0.1, 0.15) is 0 Å². The second-order valence-electron chi connectivity index (χ2n) is 3.94. The van der Waals surface area contributed by atoms with E-state index in [1.54, 1.807) is 11.9 Å². The highest BCUT2D eigenvalue weighted by atomic mass is 16.4. The quantitative estimate of drug-likeness (QED) is 0.895. The predicted octanol–water partition coefficient (Wildman–Crippen LogP) is 2.25. The number of hydrogen-bond acceptors (Lipinski definition) is 4. The van der Waals surface area contributed by atoms with Gasteiger partial charge in [-0.25, -0.2) is 14.8 Å². The molecule has 0 aliphatic carbocycles. The van der Waals surface area contributed by atoms with Gasteiger partial charge in [-0.2, -0.15) is 0 Å². The van der Waals surface area contributed by atoms with Crippen molar-refractivity contribution in [3.8, 4) is 0 Å². The van der Waals surface area contributed by atoms with Crippen LogP contribution in [0.3, 0.4) is 0 Å². The molecule has 0 saturated heterocycles. The van der Waals surface area contributed by atoms with Crippen molar-refractivity contribution in [1.29, 1.82) is 0 Å². The van der Waals surface area contributed by atoms with Gasteiger partial charge in [-0.1, -0.05) is 17.7 Å². The van der Waals surface area contributed by atoms with E-state index in [1.807, 2.05) is 31.2 Å². The first-order chi connectivity index (χ1) is 8.58. The van der Waals surface area contributed by atoms with E-state index >= 15 is 0 Å². The van der Waals surface area contributed by atoms with Crippen LogP contribution < -0.4 is 4.90 Å². The van der Waals surface area contributed by atoms with Crippen LogP contribution in [0.5, 0.6) is 0 Å². The summed E-state index contributed by atoms with van der Waals surface area (Å²) in [5.41, 5.74) is 2.05. The minimum absolute atomic E-state index is 0.0149. The monoisotopic (exact) mass is 243 g/mol. The average Bonchev–Trinajstić information content (AvgIpc) is 2.39. The Hall–Kier alpha value is -2.43. The van der Waals surface area contributed by atoms with Crippen LogP contribution in [0.4, 0.5) is 11.6 Å². The third kappa shape index (κ3) is 2.45. The summed E-state index contributed by atoms with van der Waals surface area (Å²) in [6, 6.07) is 9.20. The van der Waals surface area contributed by atoms with Crippen molar-refractivity contribution in [3.05, 3.63) is 47.8 Å². The molecule has 18 heavy (non-hydrogen) atoms. The van der Waals surface area contributed by atoms with Crippen LogP contribution in [0, 0.1) is 6.92 Å². The van der Waals surface area contributed by atoms with Gasteiger partial charge in [-0.3, -0.25) is 0 Å². The molecule has 2 aromatic rings. The van der Waals surface area contributed by atoms with Crippen molar-refractivity contribution >= 4 is 17.6 Å². The molecule has 0 radical (unpaired) electrons. The highest BCUT2D eigenvalue weighted by Crippen LogP contribution is 2.20. The Bertz CT molecular complexity index is 567. The van der Waals surface area contributed by atoms with Crippen molar-refractivity contribution in [2.24, 2.45) is 0 Å². The Morgan fingerprint density at radius 2 is 1.89 bits per heavy atom. The van der Waals surface area contributed by atoms with E-state index in [0.29, 0.717) is 5.95 Å².